The lowest BCUT2D eigenvalue weighted by Crippen LogP contribution is -2.13. The topological polar surface area (TPSA) is 43.8 Å². The van der Waals surface area contributed by atoms with Crippen LogP contribution in [-0.2, 0) is 6.54 Å². The molecule has 0 radical (unpaired) electrons. The Kier molecular flexibility index (Phi) is 3.55. The summed E-state index contributed by atoms with van der Waals surface area (Å²) in [5.74, 6) is 2.65. The van der Waals surface area contributed by atoms with Gasteiger partial charge >= 0.3 is 0 Å². The molecule has 20 heavy (non-hydrogen) atoms. The van der Waals surface area contributed by atoms with Gasteiger partial charge in [0.15, 0.2) is 0 Å². The van der Waals surface area contributed by atoms with E-state index >= 15 is 0 Å². The van der Waals surface area contributed by atoms with E-state index < -0.39 is 0 Å². The summed E-state index contributed by atoms with van der Waals surface area (Å²) in [5, 5.41) is 0. The molecule has 0 spiro atoms. The number of aromatic nitrogens is 2. The van der Waals surface area contributed by atoms with Crippen molar-refractivity contribution < 1.29 is 0 Å². The van der Waals surface area contributed by atoms with E-state index in [-0.39, 0.29) is 0 Å². The molecule has 1 aromatic carbocycles. The fourth-order valence-corrected chi connectivity index (χ4v) is 3.62. The molecule has 2 N–H and O–H groups in total. The Balaban J connectivity index is 2.17. The molecular weight excluding hydrogens is 246 g/mol. The van der Waals surface area contributed by atoms with Crippen molar-refractivity contribution in [1.29, 1.82) is 0 Å². The summed E-state index contributed by atoms with van der Waals surface area (Å²) in [5.41, 5.74) is 9.28. The normalized spacial score (nSPS) is 23.1. The van der Waals surface area contributed by atoms with Gasteiger partial charge in [-0.25, -0.2) is 4.98 Å². The zero-order valence-corrected chi connectivity index (χ0v) is 12.8. The van der Waals surface area contributed by atoms with Crippen LogP contribution in [0.2, 0.25) is 0 Å². The molecule has 2 unspecified atom stereocenters. The molecule has 0 saturated heterocycles. The molecule has 3 nitrogen and oxygen atoms in total. The fraction of sp³-hybridized carbons (Fsp3) is 0.588. The van der Waals surface area contributed by atoms with Crippen molar-refractivity contribution in [2.45, 2.75) is 58.5 Å². The summed E-state index contributed by atoms with van der Waals surface area (Å²) in [6.07, 6.45) is 3.95. The third-order valence-electron chi connectivity index (χ3n) is 4.73. The lowest BCUT2D eigenvalue weighted by Gasteiger charge is -2.20. The summed E-state index contributed by atoms with van der Waals surface area (Å²) in [6, 6.07) is 6.92. The van der Waals surface area contributed by atoms with Crippen molar-refractivity contribution in [2.75, 3.05) is 0 Å². The van der Waals surface area contributed by atoms with Gasteiger partial charge in [-0.2, -0.15) is 0 Å². The Morgan fingerprint density at radius 2 is 2.15 bits per heavy atom. The number of imidazole rings is 1. The van der Waals surface area contributed by atoms with E-state index in [1.165, 1.54) is 30.6 Å². The highest BCUT2D eigenvalue weighted by Crippen LogP contribution is 2.40. The van der Waals surface area contributed by atoms with Gasteiger partial charge in [-0.15, -0.1) is 0 Å². The standard InChI is InChI=1S/C17H25N3/c1-11(2)20-16-8-7-13(10-18)9-15(16)19-17(20)14-6-4-5-12(14)3/h7-9,11-12,14H,4-6,10,18H2,1-3H3. The quantitative estimate of drug-likeness (QED) is 0.917. The number of fused-ring (bicyclic) bond motifs is 1. The van der Waals surface area contributed by atoms with Crippen LogP contribution in [0.4, 0.5) is 0 Å². The summed E-state index contributed by atoms with van der Waals surface area (Å²) in [7, 11) is 0. The molecular formula is C17H25N3. The first kappa shape index (κ1) is 13.6. The van der Waals surface area contributed by atoms with E-state index in [1.807, 2.05) is 0 Å². The highest BCUT2D eigenvalue weighted by atomic mass is 15.1. The van der Waals surface area contributed by atoms with Crippen LogP contribution >= 0.6 is 0 Å². The zero-order valence-electron chi connectivity index (χ0n) is 12.8. The van der Waals surface area contributed by atoms with Crippen molar-refractivity contribution in [3.8, 4) is 0 Å². The van der Waals surface area contributed by atoms with Gasteiger partial charge in [-0.3, -0.25) is 0 Å². The SMILES string of the molecule is CC1CCCC1c1nc2cc(CN)ccc2n1C(C)C. The molecule has 0 aliphatic heterocycles. The van der Waals surface area contributed by atoms with Gasteiger partial charge in [-0.05, 0) is 50.3 Å². The molecule has 1 aliphatic rings. The Labute approximate surface area is 121 Å². The summed E-state index contributed by atoms with van der Waals surface area (Å²) in [6.45, 7) is 7.45. The summed E-state index contributed by atoms with van der Waals surface area (Å²) in [4.78, 5) is 4.98. The predicted octanol–water partition coefficient (Wildman–Crippen LogP) is 3.98. The number of nitrogens with two attached hydrogens (primary N) is 1. The lowest BCUT2D eigenvalue weighted by molar-refractivity contribution is 0.469. The van der Waals surface area contributed by atoms with Crippen LogP contribution in [0.3, 0.4) is 0 Å². The molecule has 2 aromatic rings. The minimum Gasteiger partial charge on any atom is -0.326 e. The Hall–Kier alpha value is -1.35. The molecule has 0 bridgehead atoms. The predicted molar refractivity (Wildman–Crippen MR) is 83.8 cm³/mol. The minimum atomic E-state index is 0.450. The van der Waals surface area contributed by atoms with Gasteiger partial charge in [0.2, 0.25) is 0 Å². The first-order valence-electron chi connectivity index (χ1n) is 7.82. The number of rotatable bonds is 3. The highest BCUT2D eigenvalue weighted by Gasteiger charge is 2.30. The van der Waals surface area contributed by atoms with Gasteiger partial charge in [0.1, 0.15) is 5.82 Å². The van der Waals surface area contributed by atoms with E-state index in [1.54, 1.807) is 0 Å². The second kappa shape index (κ2) is 5.21. The molecule has 1 saturated carbocycles. The fourth-order valence-electron chi connectivity index (χ4n) is 3.62. The van der Waals surface area contributed by atoms with E-state index in [4.69, 9.17) is 10.7 Å². The monoisotopic (exact) mass is 271 g/mol. The van der Waals surface area contributed by atoms with Crippen LogP contribution < -0.4 is 5.73 Å². The largest absolute Gasteiger partial charge is 0.326 e. The minimum absolute atomic E-state index is 0.450. The Morgan fingerprint density at radius 3 is 2.75 bits per heavy atom. The average molecular weight is 271 g/mol. The van der Waals surface area contributed by atoms with Crippen LogP contribution in [0.15, 0.2) is 18.2 Å². The van der Waals surface area contributed by atoms with Gasteiger partial charge in [0.25, 0.3) is 0 Å². The van der Waals surface area contributed by atoms with E-state index in [2.05, 4.69) is 43.5 Å². The van der Waals surface area contributed by atoms with Crippen LogP contribution in [0.1, 0.15) is 63.4 Å². The number of nitrogens with zero attached hydrogens (tertiary/aromatic N) is 2. The van der Waals surface area contributed by atoms with E-state index in [0.717, 1.165) is 17.0 Å². The van der Waals surface area contributed by atoms with Crippen LogP contribution in [-0.4, -0.2) is 9.55 Å². The highest BCUT2D eigenvalue weighted by molar-refractivity contribution is 5.77. The van der Waals surface area contributed by atoms with Crippen molar-refractivity contribution in [3.05, 3.63) is 29.6 Å². The van der Waals surface area contributed by atoms with Crippen LogP contribution in [0, 0.1) is 5.92 Å². The summed E-state index contributed by atoms with van der Waals surface area (Å²) >= 11 is 0. The molecule has 0 amide bonds. The number of benzene rings is 1. The molecule has 3 rings (SSSR count). The molecule has 3 heteroatoms. The van der Waals surface area contributed by atoms with Crippen molar-refractivity contribution >= 4 is 11.0 Å². The van der Waals surface area contributed by atoms with Crippen molar-refractivity contribution in [2.24, 2.45) is 11.7 Å². The molecule has 108 valence electrons. The average Bonchev–Trinajstić information content (AvgIpc) is 3.00. The molecule has 2 atom stereocenters. The summed E-state index contributed by atoms with van der Waals surface area (Å²) < 4.78 is 2.43. The molecule has 1 aliphatic carbocycles. The molecule has 1 fully saturated rings. The Bertz CT molecular complexity index is 612. The smallest absolute Gasteiger partial charge is 0.113 e. The van der Waals surface area contributed by atoms with Crippen molar-refractivity contribution in [3.63, 3.8) is 0 Å². The first-order valence-corrected chi connectivity index (χ1v) is 7.82. The van der Waals surface area contributed by atoms with E-state index in [0.29, 0.717) is 18.5 Å². The van der Waals surface area contributed by atoms with Gasteiger partial charge in [-0.1, -0.05) is 19.4 Å². The van der Waals surface area contributed by atoms with Gasteiger partial charge in [0, 0.05) is 18.5 Å². The van der Waals surface area contributed by atoms with Crippen molar-refractivity contribution in [1.82, 2.24) is 9.55 Å². The van der Waals surface area contributed by atoms with Crippen LogP contribution in [0.5, 0.6) is 0 Å². The maximum absolute atomic E-state index is 5.76. The second-order valence-electron chi connectivity index (χ2n) is 6.48. The van der Waals surface area contributed by atoms with Gasteiger partial charge < -0.3 is 10.3 Å². The zero-order chi connectivity index (χ0) is 14.3. The maximum Gasteiger partial charge on any atom is 0.113 e. The maximum atomic E-state index is 5.76. The Morgan fingerprint density at radius 1 is 1.35 bits per heavy atom. The second-order valence-corrected chi connectivity index (χ2v) is 6.48. The molecule has 1 aromatic heterocycles. The van der Waals surface area contributed by atoms with E-state index in [9.17, 15) is 0 Å². The van der Waals surface area contributed by atoms with Gasteiger partial charge in [0.05, 0.1) is 11.0 Å². The third kappa shape index (κ3) is 2.14. The first-order chi connectivity index (χ1) is 9.61. The molecule has 1 heterocycles. The number of hydrogen-bond donors (Lipinski definition) is 1. The third-order valence-corrected chi connectivity index (χ3v) is 4.73. The van der Waals surface area contributed by atoms with Crippen LogP contribution in [0.25, 0.3) is 11.0 Å². The lowest BCUT2D eigenvalue weighted by atomic mass is 9.97. The number of hydrogen-bond acceptors (Lipinski definition) is 2.